The average molecular weight is 427 g/mol. The van der Waals surface area contributed by atoms with Crippen molar-refractivity contribution < 1.29 is 22.7 Å². The number of methoxy groups -OCH3 is 1. The van der Waals surface area contributed by atoms with E-state index in [1.54, 1.807) is 36.4 Å². The predicted octanol–water partition coefficient (Wildman–Crippen LogP) is 2.62. The van der Waals surface area contributed by atoms with Gasteiger partial charge >= 0.3 is 0 Å². The molecule has 2 aromatic carbocycles. The second-order valence-electron chi connectivity index (χ2n) is 6.08. The molecule has 0 saturated heterocycles. The van der Waals surface area contributed by atoms with E-state index in [9.17, 15) is 13.2 Å². The molecular formula is C19H23ClN2O5S. The van der Waals surface area contributed by atoms with Gasteiger partial charge in [-0.25, -0.2) is 8.42 Å². The zero-order chi connectivity index (χ0) is 20.7. The number of anilines is 1. The first-order chi connectivity index (χ1) is 13.2. The van der Waals surface area contributed by atoms with Gasteiger partial charge in [-0.2, -0.15) is 0 Å². The number of benzene rings is 2. The van der Waals surface area contributed by atoms with Crippen LogP contribution in [0.3, 0.4) is 0 Å². The Balaban J connectivity index is 1.92. The predicted molar refractivity (Wildman–Crippen MR) is 110 cm³/mol. The van der Waals surface area contributed by atoms with Gasteiger partial charge in [-0.15, -0.1) is 0 Å². The fraction of sp³-hybridized carbons (Fsp3) is 0.316. The van der Waals surface area contributed by atoms with E-state index in [0.29, 0.717) is 22.2 Å². The van der Waals surface area contributed by atoms with Gasteiger partial charge < -0.3 is 14.8 Å². The Bertz CT molecular complexity index is 934. The first-order valence-corrected chi connectivity index (χ1v) is 10.7. The van der Waals surface area contributed by atoms with E-state index < -0.39 is 15.9 Å². The van der Waals surface area contributed by atoms with Crippen molar-refractivity contribution in [2.75, 3.05) is 37.4 Å². The second kappa shape index (κ2) is 9.66. The molecule has 0 fully saturated rings. The van der Waals surface area contributed by atoms with Crippen molar-refractivity contribution >= 4 is 33.2 Å². The van der Waals surface area contributed by atoms with E-state index in [2.05, 4.69) is 5.32 Å². The summed E-state index contributed by atoms with van der Waals surface area (Å²) < 4.78 is 35.9. The quantitative estimate of drug-likeness (QED) is 0.623. The molecule has 0 spiro atoms. The maximum atomic E-state index is 12.2. The number of nitrogens with zero attached hydrogens (tertiary/aromatic N) is 1. The summed E-state index contributed by atoms with van der Waals surface area (Å²) in [6.45, 7) is 1.99. The zero-order valence-electron chi connectivity index (χ0n) is 15.9. The molecular weight excluding hydrogens is 404 g/mol. The Hall–Kier alpha value is -2.45. The molecule has 0 aliphatic rings. The van der Waals surface area contributed by atoms with E-state index in [4.69, 9.17) is 21.1 Å². The molecule has 0 heterocycles. The molecule has 1 amide bonds. The Labute approximate surface area is 170 Å². The molecule has 7 nitrogen and oxygen atoms in total. The fourth-order valence-corrected chi connectivity index (χ4v) is 3.39. The molecule has 2 aromatic rings. The smallest absolute Gasteiger partial charge is 0.240 e. The van der Waals surface area contributed by atoms with Crippen molar-refractivity contribution in [2.45, 2.75) is 6.92 Å². The number of aryl methyl sites for hydroxylation is 1. The summed E-state index contributed by atoms with van der Waals surface area (Å²) in [6, 6.07) is 11.8. The minimum Gasteiger partial charge on any atom is -0.497 e. The van der Waals surface area contributed by atoms with Crippen LogP contribution in [0, 0.1) is 6.92 Å². The Kier molecular flexibility index (Phi) is 7.53. The van der Waals surface area contributed by atoms with Gasteiger partial charge in [-0.3, -0.25) is 9.10 Å². The minimum absolute atomic E-state index is 0.222. The number of sulfonamides is 1. The number of rotatable bonds is 9. The minimum atomic E-state index is -3.65. The first-order valence-electron chi connectivity index (χ1n) is 8.48. The molecule has 0 unspecified atom stereocenters. The lowest BCUT2D eigenvalue weighted by Crippen LogP contribution is -2.41. The van der Waals surface area contributed by atoms with E-state index in [1.165, 1.54) is 7.11 Å². The molecule has 0 aliphatic heterocycles. The number of amides is 1. The highest BCUT2D eigenvalue weighted by Crippen LogP contribution is 2.23. The van der Waals surface area contributed by atoms with Crippen LogP contribution < -0.4 is 19.1 Å². The van der Waals surface area contributed by atoms with Crippen LogP contribution in [-0.2, 0) is 14.8 Å². The summed E-state index contributed by atoms with van der Waals surface area (Å²) in [5, 5.41) is 3.25. The summed E-state index contributed by atoms with van der Waals surface area (Å²) in [4.78, 5) is 12.2. The topological polar surface area (TPSA) is 84.9 Å². The van der Waals surface area contributed by atoms with E-state index in [-0.39, 0.29) is 19.7 Å². The highest BCUT2D eigenvalue weighted by Gasteiger charge is 2.21. The molecule has 28 heavy (non-hydrogen) atoms. The SMILES string of the molecule is COc1cccc(N(CC(=O)NCCOc2ccc(C)c(Cl)c2)S(C)(=O)=O)c1. The van der Waals surface area contributed by atoms with Crippen molar-refractivity contribution in [2.24, 2.45) is 0 Å². The van der Waals surface area contributed by atoms with Gasteiger partial charge in [0.2, 0.25) is 15.9 Å². The molecule has 0 radical (unpaired) electrons. The first kappa shape index (κ1) is 21.8. The van der Waals surface area contributed by atoms with Crippen molar-refractivity contribution in [3.05, 3.63) is 53.1 Å². The zero-order valence-corrected chi connectivity index (χ0v) is 17.5. The number of carbonyl (C=O) groups is 1. The van der Waals surface area contributed by atoms with Crippen molar-refractivity contribution in [1.82, 2.24) is 5.32 Å². The number of carbonyl (C=O) groups excluding carboxylic acids is 1. The standard InChI is InChI=1S/C19H23ClN2O5S/c1-14-7-8-17(12-18(14)20)27-10-9-21-19(23)13-22(28(3,24)25)15-5-4-6-16(11-15)26-2/h4-8,11-12H,9-10,13H2,1-3H3,(H,21,23). The molecule has 1 N–H and O–H groups in total. The maximum absolute atomic E-state index is 12.2. The van der Waals surface area contributed by atoms with E-state index in [1.807, 2.05) is 13.0 Å². The third-order valence-electron chi connectivity index (χ3n) is 3.87. The summed E-state index contributed by atoms with van der Waals surface area (Å²) in [7, 11) is -2.17. The number of ether oxygens (including phenoxy) is 2. The second-order valence-corrected chi connectivity index (χ2v) is 8.39. The van der Waals surface area contributed by atoms with Crippen molar-refractivity contribution in [3.63, 3.8) is 0 Å². The highest BCUT2D eigenvalue weighted by molar-refractivity contribution is 7.92. The number of hydrogen-bond acceptors (Lipinski definition) is 5. The molecule has 0 atom stereocenters. The van der Waals surface area contributed by atoms with Crippen LogP contribution in [0.5, 0.6) is 11.5 Å². The molecule has 0 saturated carbocycles. The Morgan fingerprint density at radius 2 is 1.93 bits per heavy atom. The van der Waals surface area contributed by atoms with Gasteiger partial charge in [0, 0.05) is 11.1 Å². The lowest BCUT2D eigenvalue weighted by molar-refractivity contribution is -0.119. The van der Waals surface area contributed by atoms with Crippen LogP contribution >= 0.6 is 11.6 Å². The van der Waals surface area contributed by atoms with Gasteiger partial charge in [-0.1, -0.05) is 23.7 Å². The number of nitrogens with one attached hydrogen (secondary N) is 1. The molecule has 9 heteroatoms. The number of halogens is 1. The highest BCUT2D eigenvalue weighted by atomic mass is 35.5. The summed E-state index contributed by atoms with van der Waals surface area (Å²) in [5.41, 5.74) is 1.29. The monoisotopic (exact) mass is 426 g/mol. The molecule has 0 aromatic heterocycles. The number of hydrogen-bond donors (Lipinski definition) is 1. The average Bonchev–Trinajstić information content (AvgIpc) is 2.65. The van der Waals surface area contributed by atoms with Crippen LogP contribution in [0.15, 0.2) is 42.5 Å². The van der Waals surface area contributed by atoms with Gasteiger partial charge in [-0.05, 0) is 36.8 Å². The summed E-state index contributed by atoms with van der Waals surface area (Å²) >= 11 is 6.04. The largest absolute Gasteiger partial charge is 0.497 e. The van der Waals surface area contributed by atoms with E-state index in [0.717, 1.165) is 16.1 Å². The van der Waals surface area contributed by atoms with Gasteiger partial charge in [0.15, 0.2) is 0 Å². The summed E-state index contributed by atoms with van der Waals surface area (Å²) in [5.74, 6) is 0.648. The Morgan fingerprint density at radius 1 is 1.18 bits per heavy atom. The summed E-state index contributed by atoms with van der Waals surface area (Å²) in [6.07, 6.45) is 1.05. The van der Waals surface area contributed by atoms with Gasteiger partial charge in [0.25, 0.3) is 0 Å². The van der Waals surface area contributed by atoms with Crippen LogP contribution in [0.25, 0.3) is 0 Å². The molecule has 2 rings (SSSR count). The lowest BCUT2D eigenvalue weighted by Gasteiger charge is -2.22. The van der Waals surface area contributed by atoms with Crippen molar-refractivity contribution in [1.29, 1.82) is 0 Å². The van der Waals surface area contributed by atoms with Crippen molar-refractivity contribution in [3.8, 4) is 11.5 Å². The third-order valence-corrected chi connectivity index (χ3v) is 5.41. The van der Waals surface area contributed by atoms with Crippen LogP contribution in [-0.4, -0.2) is 47.4 Å². The van der Waals surface area contributed by atoms with Crippen LogP contribution in [0.4, 0.5) is 5.69 Å². The van der Waals surface area contributed by atoms with E-state index >= 15 is 0 Å². The van der Waals surface area contributed by atoms with Crippen LogP contribution in [0.2, 0.25) is 5.02 Å². The molecule has 152 valence electrons. The van der Waals surface area contributed by atoms with Crippen LogP contribution in [0.1, 0.15) is 5.56 Å². The Morgan fingerprint density at radius 3 is 2.57 bits per heavy atom. The maximum Gasteiger partial charge on any atom is 0.240 e. The molecule has 0 aliphatic carbocycles. The molecule has 0 bridgehead atoms. The third kappa shape index (κ3) is 6.31. The lowest BCUT2D eigenvalue weighted by atomic mass is 10.2. The van der Waals surface area contributed by atoms with Gasteiger partial charge in [0.1, 0.15) is 24.7 Å². The normalized spacial score (nSPS) is 11.0. The fourth-order valence-electron chi connectivity index (χ4n) is 2.37. The van der Waals surface area contributed by atoms with Gasteiger partial charge in [0.05, 0.1) is 25.6 Å².